The summed E-state index contributed by atoms with van der Waals surface area (Å²) < 4.78 is 0.900. The van der Waals surface area contributed by atoms with Crippen molar-refractivity contribution in [3.8, 4) is 0 Å². The summed E-state index contributed by atoms with van der Waals surface area (Å²) in [6.07, 6.45) is 0. The molecule has 0 aliphatic heterocycles. The molecule has 0 bridgehead atoms. The van der Waals surface area contributed by atoms with Crippen molar-refractivity contribution in [1.29, 1.82) is 0 Å². The van der Waals surface area contributed by atoms with E-state index in [0.29, 0.717) is 0 Å². The van der Waals surface area contributed by atoms with Crippen LogP contribution < -0.4 is 16.0 Å². The molecule has 0 aliphatic rings. The Labute approximate surface area is 133 Å². The first-order valence-corrected chi connectivity index (χ1v) is 7.36. The Hall–Kier alpha value is -1.85. The van der Waals surface area contributed by atoms with Gasteiger partial charge in [-0.25, -0.2) is 0 Å². The van der Waals surface area contributed by atoms with Gasteiger partial charge in [0.15, 0.2) is 0 Å². The second-order valence-corrected chi connectivity index (χ2v) is 5.85. The summed E-state index contributed by atoms with van der Waals surface area (Å²) in [6.45, 7) is 0. The van der Waals surface area contributed by atoms with Gasteiger partial charge in [-0.3, -0.25) is 4.79 Å². The molecule has 1 amide bonds. The van der Waals surface area contributed by atoms with E-state index < -0.39 is 6.04 Å². The molecule has 0 radical (unpaired) electrons. The Bertz CT molecular complexity index is 629. The zero-order valence-corrected chi connectivity index (χ0v) is 13.6. The van der Waals surface area contributed by atoms with Crippen LogP contribution >= 0.6 is 15.9 Å². The van der Waals surface area contributed by atoms with Crippen LogP contribution in [-0.2, 0) is 4.79 Å². The molecular formula is C16H18BrN3O. The highest BCUT2D eigenvalue weighted by Gasteiger charge is 2.17. The summed E-state index contributed by atoms with van der Waals surface area (Å²) in [4.78, 5) is 14.3. The number of anilines is 2. The fraction of sp³-hybridized carbons (Fsp3) is 0.188. The van der Waals surface area contributed by atoms with Gasteiger partial charge in [-0.1, -0.05) is 46.3 Å². The van der Waals surface area contributed by atoms with E-state index in [0.717, 1.165) is 21.4 Å². The van der Waals surface area contributed by atoms with Gasteiger partial charge in [-0.15, -0.1) is 0 Å². The van der Waals surface area contributed by atoms with Crippen LogP contribution in [0.5, 0.6) is 0 Å². The highest BCUT2D eigenvalue weighted by molar-refractivity contribution is 9.10. The van der Waals surface area contributed by atoms with Gasteiger partial charge < -0.3 is 16.0 Å². The average molecular weight is 348 g/mol. The summed E-state index contributed by atoms with van der Waals surface area (Å²) in [5.41, 5.74) is 8.45. The van der Waals surface area contributed by atoms with Crippen molar-refractivity contribution in [2.24, 2.45) is 5.73 Å². The Balaban J connectivity index is 2.22. The summed E-state index contributed by atoms with van der Waals surface area (Å²) in [7, 11) is 3.85. The predicted molar refractivity (Wildman–Crippen MR) is 90.5 cm³/mol. The molecule has 2 aromatic rings. The van der Waals surface area contributed by atoms with Crippen LogP contribution in [0.25, 0.3) is 0 Å². The second-order valence-electron chi connectivity index (χ2n) is 4.93. The third-order valence-corrected chi connectivity index (χ3v) is 3.63. The number of nitrogens with two attached hydrogens (primary N) is 1. The molecular weight excluding hydrogens is 330 g/mol. The molecule has 0 saturated heterocycles. The van der Waals surface area contributed by atoms with E-state index in [-0.39, 0.29) is 5.91 Å². The lowest BCUT2D eigenvalue weighted by atomic mass is 10.1. The quantitative estimate of drug-likeness (QED) is 0.892. The Kier molecular flexibility index (Phi) is 4.98. The number of hydrogen-bond donors (Lipinski definition) is 2. The fourth-order valence-corrected chi connectivity index (χ4v) is 2.38. The largest absolute Gasteiger partial charge is 0.376 e. The predicted octanol–water partition coefficient (Wildman–Crippen LogP) is 3.15. The van der Waals surface area contributed by atoms with Crippen molar-refractivity contribution in [2.45, 2.75) is 6.04 Å². The van der Waals surface area contributed by atoms with Gasteiger partial charge >= 0.3 is 0 Å². The maximum Gasteiger partial charge on any atom is 0.245 e. The van der Waals surface area contributed by atoms with E-state index in [9.17, 15) is 4.79 Å². The highest BCUT2D eigenvalue weighted by Crippen LogP contribution is 2.28. The number of nitrogens with one attached hydrogen (secondary N) is 1. The number of carbonyl (C=O) groups excluding carboxylic acids is 1. The van der Waals surface area contributed by atoms with Crippen molar-refractivity contribution < 1.29 is 4.79 Å². The first-order valence-electron chi connectivity index (χ1n) is 6.57. The van der Waals surface area contributed by atoms with Gasteiger partial charge in [0.2, 0.25) is 5.91 Å². The summed E-state index contributed by atoms with van der Waals surface area (Å²) in [5, 5.41) is 2.90. The number of nitrogens with zero attached hydrogens (tertiary/aromatic N) is 1. The molecule has 0 heterocycles. The van der Waals surface area contributed by atoms with Crippen molar-refractivity contribution >= 4 is 33.2 Å². The lowest BCUT2D eigenvalue weighted by Crippen LogP contribution is -2.28. The van der Waals surface area contributed by atoms with Crippen molar-refractivity contribution in [1.82, 2.24) is 0 Å². The maximum absolute atomic E-state index is 12.3. The van der Waals surface area contributed by atoms with Crippen LogP contribution in [0.2, 0.25) is 0 Å². The number of rotatable bonds is 4. The van der Waals surface area contributed by atoms with Gasteiger partial charge in [0.1, 0.15) is 6.04 Å². The van der Waals surface area contributed by atoms with Crippen molar-refractivity contribution in [3.05, 3.63) is 58.6 Å². The minimum atomic E-state index is -0.694. The van der Waals surface area contributed by atoms with Crippen LogP contribution in [0.15, 0.2) is 53.0 Å². The van der Waals surface area contributed by atoms with Gasteiger partial charge in [-0.05, 0) is 23.8 Å². The Morgan fingerprint density at radius 1 is 1.19 bits per heavy atom. The molecule has 2 aromatic carbocycles. The first-order chi connectivity index (χ1) is 9.99. The standard InChI is InChI=1S/C16H18BrN3O/c1-20(2)14-9-8-12(17)10-13(14)19-16(21)15(18)11-6-4-3-5-7-11/h3-10,15H,18H2,1-2H3,(H,19,21). The minimum Gasteiger partial charge on any atom is -0.376 e. The molecule has 5 heteroatoms. The average Bonchev–Trinajstić information content (AvgIpc) is 2.47. The molecule has 110 valence electrons. The summed E-state index contributed by atoms with van der Waals surface area (Å²) >= 11 is 3.42. The van der Waals surface area contributed by atoms with E-state index in [4.69, 9.17) is 5.73 Å². The normalized spacial score (nSPS) is 11.8. The zero-order chi connectivity index (χ0) is 15.4. The number of hydrogen-bond acceptors (Lipinski definition) is 3. The SMILES string of the molecule is CN(C)c1ccc(Br)cc1NC(=O)C(N)c1ccccc1. The van der Waals surface area contributed by atoms with Crippen LogP contribution in [0.3, 0.4) is 0 Å². The van der Waals surface area contributed by atoms with E-state index in [2.05, 4.69) is 21.2 Å². The minimum absolute atomic E-state index is 0.234. The summed E-state index contributed by atoms with van der Waals surface area (Å²) in [5.74, 6) is -0.234. The first kappa shape index (κ1) is 15.5. The molecule has 4 nitrogen and oxygen atoms in total. The molecule has 21 heavy (non-hydrogen) atoms. The second kappa shape index (κ2) is 6.74. The topological polar surface area (TPSA) is 58.4 Å². The molecule has 3 N–H and O–H groups in total. The van der Waals surface area contributed by atoms with Crippen LogP contribution in [0.4, 0.5) is 11.4 Å². The van der Waals surface area contributed by atoms with Crippen molar-refractivity contribution in [2.75, 3.05) is 24.3 Å². The van der Waals surface area contributed by atoms with E-state index >= 15 is 0 Å². The number of halogens is 1. The molecule has 1 atom stereocenters. The molecule has 0 spiro atoms. The van der Waals surface area contributed by atoms with Crippen molar-refractivity contribution in [3.63, 3.8) is 0 Å². The molecule has 0 fully saturated rings. The number of carbonyl (C=O) groups is 1. The van der Waals surface area contributed by atoms with E-state index in [1.165, 1.54) is 0 Å². The van der Waals surface area contributed by atoms with Gasteiger partial charge in [0.25, 0.3) is 0 Å². The molecule has 0 aliphatic carbocycles. The number of amides is 1. The van der Waals surface area contributed by atoms with Gasteiger partial charge in [0.05, 0.1) is 11.4 Å². The Morgan fingerprint density at radius 2 is 1.86 bits per heavy atom. The van der Waals surface area contributed by atoms with E-state index in [1.54, 1.807) is 0 Å². The lowest BCUT2D eigenvalue weighted by molar-refractivity contribution is -0.117. The van der Waals surface area contributed by atoms with Gasteiger partial charge in [-0.2, -0.15) is 0 Å². The molecule has 1 unspecified atom stereocenters. The molecule has 2 rings (SSSR count). The van der Waals surface area contributed by atoms with E-state index in [1.807, 2.05) is 67.5 Å². The maximum atomic E-state index is 12.3. The summed E-state index contributed by atoms with van der Waals surface area (Å²) in [6, 6.07) is 14.4. The van der Waals surface area contributed by atoms with Crippen LogP contribution in [0.1, 0.15) is 11.6 Å². The monoisotopic (exact) mass is 347 g/mol. The smallest absolute Gasteiger partial charge is 0.245 e. The third-order valence-electron chi connectivity index (χ3n) is 3.14. The zero-order valence-electron chi connectivity index (χ0n) is 12.0. The highest BCUT2D eigenvalue weighted by atomic mass is 79.9. The lowest BCUT2D eigenvalue weighted by Gasteiger charge is -2.20. The molecule has 0 aromatic heterocycles. The Morgan fingerprint density at radius 3 is 2.48 bits per heavy atom. The number of benzene rings is 2. The van der Waals surface area contributed by atoms with Gasteiger partial charge in [0, 0.05) is 18.6 Å². The van der Waals surface area contributed by atoms with Crippen LogP contribution in [-0.4, -0.2) is 20.0 Å². The van der Waals surface area contributed by atoms with Crippen LogP contribution in [0, 0.1) is 0 Å². The molecule has 0 saturated carbocycles. The fourth-order valence-electron chi connectivity index (χ4n) is 2.02. The third kappa shape index (κ3) is 3.83.